The van der Waals surface area contributed by atoms with Gasteiger partial charge in [-0.2, -0.15) is 5.10 Å². The standard InChI is InChI=1S/C22H33N5O2/c1-5-23-22(24-12-18-8-6-7-9-20(18)29-16-17(2)3)27-10-11-28-21(15-27)19-13-25-26(4)14-19/h6-9,13-14,17,21H,5,10-12,15-16H2,1-4H3,(H,23,24). The molecule has 1 saturated heterocycles. The highest BCUT2D eigenvalue weighted by Gasteiger charge is 2.25. The number of hydrogen-bond acceptors (Lipinski definition) is 4. The molecule has 1 atom stereocenters. The number of morpholine rings is 1. The van der Waals surface area contributed by atoms with Gasteiger partial charge in [0.2, 0.25) is 0 Å². The average molecular weight is 400 g/mol. The number of ether oxygens (including phenoxy) is 2. The van der Waals surface area contributed by atoms with Gasteiger partial charge in [-0.1, -0.05) is 32.0 Å². The molecule has 29 heavy (non-hydrogen) atoms. The Balaban J connectivity index is 1.71. The SMILES string of the molecule is CCNC(=NCc1ccccc1OCC(C)C)N1CCOC(c2cnn(C)c2)C1. The topological polar surface area (TPSA) is 63.9 Å². The number of aromatic nitrogens is 2. The van der Waals surface area contributed by atoms with Crippen LogP contribution in [0, 0.1) is 5.92 Å². The first-order valence-corrected chi connectivity index (χ1v) is 10.4. The molecule has 1 N–H and O–H groups in total. The molecule has 1 fully saturated rings. The Hall–Kier alpha value is -2.54. The Morgan fingerprint density at radius 3 is 2.93 bits per heavy atom. The predicted molar refractivity (Wildman–Crippen MR) is 115 cm³/mol. The van der Waals surface area contributed by atoms with Crippen molar-refractivity contribution in [2.24, 2.45) is 18.0 Å². The summed E-state index contributed by atoms with van der Waals surface area (Å²) in [6.45, 7) is 10.7. The lowest BCUT2D eigenvalue weighted by Crippen LogP contribution is -2.48. The van der Waals surface area contributed by atoms with E-state index in [-0.39, 0.29) is 6.10 Å². The van der Waals surface area contributed by atoms with Crippen LogP contribution in [0.2, 0.25) is 0 Å². The molecule has 0 aliphatic carbocycles. The number of nitrogens with zero attached hydrogens (tertiary/aromatic N) is 4. The molecule has 1 aromatic carbocycles. The Morgan fingerprint density at radius 2 is 2.21 bits per heavy atom. The minimum Gasteiger partial charge on any atom is -0.493 e. The Bertz CT molecular complexity index is 802. The van der Waals surface area contributed by atoms with E-state index in [0.29, 0.717) is 25.7 Å². The molecule has 0 saturated carbocycles. The van der Waals surface area contributed by atoms with E-state index in [2.05, 4.69) is 42.2 Å². The summed E-state index contributed by atoms with van der Waals surface area (Å²) >= 11 is 0. The van der Waals surface area contributed by atoms with E-state index >= 15 is 0 Å². The van der Waals surface area contributed by atoms with Gasteiger partial charge in [-0.15, -0.1) is 0 Å². The van der Waals surface area contributed by atoms with Crippen LogP contribution in [0.4, 0.5) is 0 Å². The van der Waals surface area contributed by atoms with E-state index in [1.807, 2.05) is 42.3 Å². The first kappa shape index (κ1) is 21.2. The predicted octanol–water partition coefficient (Wildman–Crippen LogP) is 2.99. The van der Waals surface area contributed by atoms with Crippen LogP contribution in [0.3, 0.4) is 0 Å². The number of rotatable bonds is 7. The molecular weight excluding hydrogens is 366 g/mol. The minimum absolute atomic E-state index is 0.00275. The lowest BCUT2D eigenvalue weighted by molar-refractivity contribution is -0.00805. The highest BCUT2D eigenvalue weighted by Crippen LogP contribution is 2.23. The molecular formula is C22H33N5O2. The van der Waals surface area contributed by atoms with Crippen LogP contribution >= 0.6 is 0 Å². The zero-order valence-electron chi connectivity index (χ0n) is 18.0. The number of para-hydroxylation sites is 1. The zero-order chi connectivity index (χ0) is 20.6. The lowest BCUT2D eigenvalue weighted by atomic mass is 10.1. The molecule has 7 heteroatoms. The maximum atomic E-state index is 5.98. The van der Waals surface area contributed by atoms with Crippen LogP contribution < -0.4 is 10.1 Å². The van der Waals surface area contributed by atoms with Gasteiger partial charge in [0.25, 0.3) is 0 Å². The Labute approximate surface area is 173 Å². The van der Waals surface area contributed by atoms with Crippen LogP contribution in [0.15, 0.2) is 41.7 Å². The van der Waals surface area contributed by atoms with Gasteiger partial charge in [-0.25, -0.2) is 4.99 Å². The van der Waals surface area contributed by atoms with Gasteiger partial charge in [-0.05, 0) is 18.9 Å². The van der Waals surface area contributed by atoms with Gasteiger partial charge >= 0.3 is 0 Å². The molecule has 3 rings (SSSR count). The van der Waals surface area contributed by atoms with E-state index in [1.165, 1.54) is 0 Å². The van der Waals surface area contributed by atoms with E-state index in [1.54, 1.807) is 0 Å². The third-order valence-electron chi connectivity index (χ3n) is 4.74. The summed E-state index contributed by atoms with van der Waals surface area (Å²) in [4.78, 5) is 7.17. The van der Waals surface area contributed by atoms with Crippen molar-refractivity contribution in [3.05, 3.63) is 47.8 Å². The first-order chi connectivity index (χ1) is 14.1. The summed E-state index contributed by atoms with van der Waals surface area (Å²) in [5.41, 5.74) is 2.20. The van der Waals surface area contributed by atoms with Crippen molar-refractivity contribution in [1.29, 1.82) is 0 Å². The van der Waals surface area contributed by atoms with Crippen LogP contribution in [-0.4, -0.2) is 53.5 Å². The monoisotopic (exact) mass is 399 g/mol. The number of guanidine groups is 1. The van der Waals surface area contributed by atoms with E-state index in [4.69, 9.17) is 14.5 Å². The van der Waals surface area contributed by atoms with E-state index in [9.17, 15) is 0 Å². The van der Waals surface area contributed by atoms with Crippen LogP contribution in [-0.2, 0) is 18.3 Å². The summed E-state index contributed by atoms with van der Waals surface area (Å²) in [5.74, 6) is 2.31. The summed E-state index contributed by atoms with van der Waals surface area (Å²) in [5, 5.41) is 7.70. The second kappa shape index (κ2) is 10.3. The number of nitrogens with one attached hydrogen (secondary N) is 1. The van der Waals surface area contributed by atoms with Gasteiger partial charge in [0.05, 0.1) is 32.5 Å². The highest BCUT2D eigenvalue weighted by atomic mass is 16.5. The number of aryl methyl sites for hydroxylation is 1. The third-order valence-corrected chi connectivity index (χ3v) is 4.74. The van der Waals surface area contributed by atoms with Crippen LogP contribution in [0.1, 0.15) is 38.0 Å². The fourth-order valence-electron chi connectivity index (χ4n) is 3.27. The lowest BCUT2D eigenvalue weighted by Gasteiger charge is -2.34. The summed E-state index contributed by atoms with van der Waals surface area (Å²) in [7, 11) is 1.93. The zero-order valence-corrected chi connectivity index (χ0v) is 18.0. The van der Waals surface area contributed by atoms with Gasteiger partial charge in [-0.3, -0.25) is 4.68 Å². The molecule has 2 heterocycles. The average Bonchev–Trinajstić information content (AvgIpc) is 3.16. The molecule has 1 unspecified atom stereocenters. The quantitative estimate of drug-likeness (QED) is 0.573. The van der Waals surface area contributed by atoms with E-state index in [0.717, 1.165) is 42.5 Å². The van der Waals surface area contributed by atoms with Crippen molar-refractivity contribution in [3.8, 4) is 5.75 Å². The molecule has 0 amide bonds. The molecule has 158 valence electrons. The fourth-order valence-corrected chi connectivity index (χ4v) is 3.27. The summed E-state index contributed by atoms with van der Waals surface area (Å²) < 4.78 is 13.8. The van der Waals surface area contributed by atoms with Gasteiger partial charge < -0.3 is 19.7 Å². The maximum absolute atomic E-state index is 5.98. The number of aliphatic imine (C=N–C) groups is 1. The largest absolute Gasteiger partial charge is 0.493 e. The van der Waals surface area contributed by atoms with Crippen molar-refractivity contribution >= 4 is 5.96 Å². The van der Waals surface area contributed by atoms with Gasteiger partial charge in [0.1, 0.15) is 11.9 Å². The normalized spacial score (nSPS) is 17.6. The van der Waals surface area contributed by atoms with Crippen molar-refractivity contribution in [2.45, 2.75) is 33.4 Å². The van der Waals surface area contributed by atoms with Crippen LogP contribution in [0.25, 0.3) is 0 Å². The van der Waals surface area contributed by atoms with Crippen LogP contribution in [0.5, 0.6) is 5.75 Å². The maximum Gasteiger partial charge on any atom is 0.194 e. The first-order valence-electron chi connectivity index (χ1n) is 10.4. The minimum atomic E-state index is 0.00275. The van der Waals surface area contributed by atoms with Crippen molar-refractivity contribution in [2.75, 3.05) is 32.8 Å². The summed E-state index contributed by atoms with van der Waals surface area (Å²) in [6.07, 6.45) is 3.89. The number of benzene rings is 1. The molecule has 2 aromatic rings. The van der Waals surface area contributed by atoms with Gasteiger partial charge in [0, 0.05) is 37.5 Å². The third kappa shape index (κ3) is 5.97. The highest BCUT2D eigenvalue weighted by molar-refractivity contribution is 5.80. The molecule has 1 aliphatic rings. The van der Waals surface area contributed by atoms with Gasteiger partial charge in [0.15, 0.2) is 5.96 Å². The molecule has 0 spiro atoms. The molecule has 7 nitrogen and oxygen atoms in total. The Kier molecular flexibility index (Phi) is 7.52. The van der Waals surface area contributed by atoms with Crippen molar-refractivity contribution < 1.29 is 9.47 Å². The second-order valence-electron chi connectivity index (χ2n) is 7.74. The molecule has 1 aliphatic heterocycles. The number of hydrogen-bond donors (Lipinski definition) is 1. The van der Waals surface area contributed by atoms with E-state index < -0.39 is 0 Å². The second-order valence-corrected chi connectivity index (χ2v) is 7.74. The Morgan fingerprint density at radius 1 is 1.38 bits per heavy atom. The fraction of sp³-hybridized carbons (Fsp3) is 0.545. The molecule has 0 radical (unpaired) electrons. The summed E-state index contributed by atoms with van der Waals surface area (Å²) in [6, 6.07) is 8.15. The molecule has 0 bridgehead atoms. The van der Waals surface area contributed by atoms with Crippen molar-refractivity contribution in [3.63, 3.8) is 0 Å². The smallest absolute Gasteiger partial charge is 0.194 e. The van der Waals surface area contributed by atoms with Crippen molar-refractivity contribution in [1.82, 2.24) is 20.0 Å². The molecule has 1 aromatic heterocycles.